The molecule has 244 valence electrons. The summed E-state index contributed by atoms with van der Waals surface area (Å²) in [4.78, 5) is 23.8. The van der Waals surface area contributed by atoms with Crippen LogP contribution in [-0.4, -0.2) is 36.4 Å². The van der Waals surface area contributed by atoms with Crippen LogP contribution in [-0.2, 0) is 19.1 Å². The molecule has 0 bridgehead atoms. The van der Waals surface area contributed by atoms with Crippen LogP contribution in [0, 0.1) is 0 Å². The predicted octanol–water partition coefficient (Wildman–Crippen LogP) is 10.8. The van der Waals surface area contributed by atoms with Crippen LogP contribution in [0.3, 0.4) is 0 Å². The Morgan fingerprint density at radius 2 is 0.634 bits per heavy atom. The maximum Gasteiger partial charge on any atom is 0.305 e. The lowest BCUT2D eigenvalue weighted by Gasteiger charge is -2.12. The van der Waals surface area contributed by atoms with Crippen LogP contribution < -0.4 is 0 Å². The Kier molecular flexibility index (Phi) is 32.5. The summed E-state index contributed by atoms with van der Waals surface area (Å²) in [5.74, 6) is -0.557. The quantitative estimate of drug-likeness (QED) is 0.0615. The minimum Gasteiger partial charge on any atom is -0.463 e. The number of esters is 2. The first-order valence-electron chi connectivity index (χ1n) is 18.1. The molecule has 0 unspecified atom stereocenters. The third-order valence-corrected chi connectivity index (χ3v) is 8.09. The molecule has 41 heavy (non-hydrogen) atoms. The monoisotopic (exact) mass is 583 g/mol. The highest BCUT2D eigenvalue weighted by atomic mass is 16.6. The zero-order valence-electron chi connectivity index (χ0n) is 27.6. The van der Waals surface area contributed by atoms with Crippen molar-refractivity contribution in [2.75, 3.05) is 13.2 Å². The predicted molar refractivity (Wildman–Crippen MR) is 173 cm³/mol. The standard InChI is InChI=1S/C36H70O5/c1-3-5-7-9-11-13-14-15-16-17-18-19-20-21-23-25-27-29-31-36(39)41-33-34(37)32-40-35(38)30-28-26-24-22-12-10-8-6-4-2/h34,37H,3-33H2,1-2H3/t34-/m0/s1. The van der Waals surface area contributed by atoms with Crippen LogP contribution in [0.1, 0.15) is 200 Å². The summed E-state index contributed by atoms with van der Waals surface area (Å²) >= 11 is 0. The smallest absolute Gasteiger partial charge is 0.305 e. The number of hydrogen-bond donors (Lipinski definition) is 1. The van der Waals surface area contributed by atoms with Crippen LogP contribution in [0.25, 0.3) is 0 Å². The molecular weight excluding hydrogens is 512 g/mol. The molecule has 0 spiro atoms. The number of ether oxygens (including phenoxy) is 2. The summed E-state index contributed by atoms with van der Waals surface area (Å²) in [6.07, 6.45) is 34.4. The lowest BCUT2D eigenvalue weighted by molar-refractivity contribution is -0.152. The van der Waals surface area contributed by atoms with Crippen molar-refractivity contribution >= 4 is 11.9 Å². The van der Waals surface area contributed by atoms with Gasteiger partial charge in [-0.2, -0.15) is 0 Å². The second-order valence-electron chi connectivity index (χ2n) is 12.4. The Balaban J connectivity index is 3.36. The van der Waals surface area contributed by atoms with E-state index in [4.69, 9.17) is 9.47 Å². The second kappa shape index (κ2) is 33.4. The van der Waals surface area contributed by atoms with Crippen molar-refractivity contribution in [3.63, 3.8) is 0 Å². The number of hydrogen-bond acceptors (Lipinski definition) is 5. The van der Waals surface area contributed by atoms with Crippen molar-refractivity contribution in [1.82, 2.24) is 0 Å². The molecule has 0 aliphatic carbocycles. The first-order chi connectivity index (χ1) is 20.1. The number of unbranched alkanes of at least 4 members (excludes halogenated alkanes) is 25. The van der Waals surface area contributed by atoms with Gasteiger partial charge in [0.05, 0.1) is 0 Å². The summed E-state index contributed by atoms with van der Waals surface area (Å²) in [6.45, 7) is 4.29. The van der Waals surface area contributed by atoms with Crippen molar-refractivity contribution in [2.24, 2.45) is 0 Å². The average molecular weight is 583 g/mol. The van der Waals surface area contributed by atoms with Crippen molar-refractivity contribution in [3.8, 4) is 0 Å². The number of carbonyl (C=O) groups excluding carboxylic acids is 2. The Bertz CT molecular complexity index is 550. The SMILES string of the molecule is CCCCCCCCCCCCCCCCCCCCC(=O)OC[C@@H](O)COC(=O)CCCCCCCCCCC. The topological polar surface area (TPSA) is 72.8 Å². The highest BCUT2D eigenvalue weighted by molar-refractivity contribution is 5.69. The third-order valence-electron chi connectivity index (χ3n) is 8.09. The fourth-order valence-electron chi connectivity index (χ4n) is 5.32. The van der Waals surface area contributed by atoms with E-state index < -0.39 is 6.10 Å². The van der Waals surface area contributed by atoms with E-state index in [0.717, 1.165) is 32.1 Å². The molecule has 0 amide bonds. The first-order valence-corrected chi connectivity index (χ1v) is 18.1. The summed E-state index contributed by atoms with van der Waals surface area (Å²) in [5.41, 5.74) is 0. The van der Waals surface area contributed by atoms with Gasteiger partial charge in [-0.15, -0.1) is 0 Å². The van der Waals surface area contributed by atoms with Gasteiger partial charge in [-0.1, -0.05) is 174 Å². The maximum absolute atomic E-state index is 11.9. The molecule has 5 nitrogen and oxygen atoms in total. The summed E-state index contributed by atoms with van der Waals surface area (Å²) in [5, 5.41) is 9.95. The molecule has 0 fully saturated rings. The highest BCUT2D eigenvalue weighted by Crippen LogP contribution is 2.15. The van der Waals surface area contributed by atoms with Crippen LogP contribution in [0.4, 0.5) is 0 Å². The van der Waals surface area contributed by atoms with Gasteiger partial charge in [0.1, 0.15) is 19.3 Å². The van der Waals surface area contributed by atoms with Gasteiger partial charge in [0.15, 0.2) is 0 Å². The number of rotatable bonds is 33. The number of aliphatic hydroxyl groups is 1. The molecule has 0 aliphatic heterocycles. The fraction of sp³-hybridized carbons (Fsp3) is 0.944. The van der Waals surface area contributed by atoms with E-state index >= 15 is 0 Å². The van der Waals surface area contributed by atoms with E-state index in [9.17, 15) is 14.7 Å². The lowest BCUT2D eigenvalue weighted by atomic mass is 10.0. The van der Waals surface area contributed by atoms with E-state index in [2.05, 4.69) is 13.8 Å². The number of carbonyl (C=O) groups is 2. The van der Waals surface area contributed by atoms with Gasteiger partial charge in [0.2, 0.25) is 0 Å². The Morgan fingerprint density at radius 3 is 0.878 bits per heavy atom. The minimum absolute atomic E-state index is 0.108. The molecule has 0 aliphatic rings. The first kappa shape index (κ1) is 39.9. The molecule has 0 rings (SSSR count). The largest absolute Gasteiger partial charge is 0.463 e. The fourth-order valence-corrected chi connectivity index (χ4v) is 5.32. The normalized spacial score (nSPS) is 12.0. The zero-order valence-corrected chi connectivity index (χ0v) is 27.6. The molecule has 0 heterocycles. The van der Waals surface area contributed by atoms with Crippen LogP contribution in [0.5, 0.6) is 0 Å². The van der Waals surface area contributed by atoms with Crippen molar-refractivity contribution in [1.29, 1.82) is 0 Å². The Labute approximate surface area is 255 Å². The van der Waals surface area contributed by atoms with Crippen LogP contribution in [0.15, 0.2) is 0 Å². The van der Waals surface area contributed by atoms with Crippen LogP contribution in [0.2, 0.25) is 0 Å². The lowest BCUT2D eigenvalue weighted by Crippen LogP contribution is -2.25. The Morgan fingerprint density at radius 1 is 0.415 bits per heavy atom. The minimum atomic E-state index is -0.952. The molecule has 5 heteroatoms. The maximum atomic E-state index is 11.9. The Hall–Kier alpha value is -1.10. The van der Waals surface area contributed by atoms with Gasteiger partial charge < -0.3 is 14.6 Å². The molecule has 0 saturated heterocycles. The van der Waals surface area contributed by atoms with E-state index in [1.165, 1.54) is 141 Å². The van der Waals surface area contributed by atoms with Gasteiger partial charge in [0, 0.05) is 12.8 Å². The van der Waals surface area contributed by atoms with Crippen LogP contribution >= 0.6 is 0 Å². The molecule has 0 aromatic heterocycles. The summed E-state index contributed by atoms with van der Waals surface area (Å²) in [7, 11) is 0. The number of aliphatic hydroxyl groups excluding tert-OH is 1. The van der Waals surface area contributed by atoms with Gasteiger partial charge in [-0.3, -0.25) is 9.59 Å². The van der Waals surface area contributed by atoms with Crippen molar-refractivity contribution in [3.05, 3.63) is 0 Å². The molecule has 0 saturated carbocycles. The van der Waals surface area contributed by atoms with E-state index in [1.807, 2.05) is 0 Å². The van der Waals surface area contributed by atoms with Crippen molar-refractivity contribution in [2.45, 2.75) is 206 Å². The third kappa shape index (κ3) is 33.3. The highest BCUT2D eigenvalue weighted by Gasteiger charge is 2.12. The van der Waals surface area contributed by atoms with Gasteiger partial charge in [-0.25, -0.2) is 0 Å². The van der Waals surface area contributed by atoms with Gasteiger partial charge >= 0.3 is 11.9 Å². The zero-order chi connectivity index (χ0) is 30.1. The second-order valence-corrected chi connectivity index (χ2v) is 12.4. The average Bonchev–Trinajstić information content (AvgIpc) is 2.97. The van der Waals surface area contributed by atoms with Gasteiger partial charge in [-0.05, 0) is 12.8 Å². The molecule has 1 atom stereocenters. The van der Waals surface area contributed by atoms with Gasteiger partial charge in [0.25, 0.3) is 0 Å². The molecule has 0 aromatic carbocycles. The molecule has 0 radical (unpaired) electrons. The summed E-state index contributed by atoms with van der Waals surface area (Å²) < 4.78 is 10.3. The van der Waals surface area contributed by atoms with E-state index in [0.29, 0.717) is 12.8 Å². The van der Waals surface area contributed by atoms with E-state index in [-0.39, 0.29) is 25.2 Å². The molecule has 0 aromatic rings. The van der Waals surface area contributed by atoms with E-state index in [1.54, 1.807) is 0 Å². The summed E-state index contributed by atoms with van der Waals surface area (Å²) in [6, 6.07) is 0. The van der Waals surface area contributed by atoms with Crippen molar-refractivity contribution < 1.29 is 24.2 Å². The molecule has 1 N–H and O–H groups in total. The molecular formula is C36H70O5.